The summed E-state index contributed by atoms with van der Waals surface area (Å²) in [5.41, 5.74) is 0.776. The summed E-state index contributed by atoms with van der Waals surface area (Å²) < 4.78 is 13.0. The standard InChI is InChI=1S/C13H15FN2O3/c1-3-4-11(12(17)18)16-13(19)15-9-5-6-10(14)8(2)7-9/h3,5-7,11H,1,4H2,2H3,(H,17,18)(H2,15,16,19). The van der Waals surface area contributed by atoms with E-state index < -0.39 is 18.0 Å². The average Bonchev–Trinajstić information content (AvgIpc) is 2.33. The number of aliphatic carboxylic acids is 1. The second kappa shape index (κ2) is 6.53. The maximum atomic E-state index is 13.0. The van der Waals surface area contributed by atoms with E-state index in [0.717, 1.165) is 0 Å². The first kappa shape index (κ1) is 14.7. The maximum absolute atomic E-state index is 13.0. The Hall–Kier alpha value is -2.37. The van der Waals surface area contributed by atoms with Crippen molar-refractivity contribution in [3.05, 3.63) is 42.2 Å². The number of aryl methyl sites for hydroxylation is 1. The molecule has 0 heterocycles. The van der Waals surface area contributed by atoms with E-state index in [1.807, 2.05) is 0 Å². The minimum Gasteiger partial charge on any atom is -0.480 e. The van der Waals surface area contributed by atoms with E-state index in [1.54, 1.807) is 6.92 Å². The van der Waals surface area contributed by atoms with Gasteiger partial charge in [0.25, 0.3) is 0 Å². The molecule has 6 heteroatoms. The predicted octanol–water partition coefficient (Wildman–Crippen LogP) is 2.28. The van der Waals surface area contributed by atoms with E-state index in [-0.39, 0.29) is 12.2 Å². The first-order valence-corrected chi connectivity index (χ1v) is 5.61. The van der Waals surface area contributed by atoms with Crippen LogP contribution in [0.3, 0.4) is 0 Å². The number of carboxylic acid groups (broad SMARTS) is 1. The van der Waals surface area contributed by atoms with Crippen molar-refractivity contribution in [2.24, 2.45) is 0 Å². The Bertz CT molecular complexity index is 503. The smallest absolute Gasteiger partial charge is 0.326 e. The number of amides is 2. The lowest BCUT2D eigenvalue weighted by Crippen LogP contribution is -2.42. The molecule has 0 radical (unpaired) electrons. The Kier molecular flexibility index (Phi) is 5.05. The van der Waals surface area contributed by atoms with E-state index in [9.17, 15) is 14.0 Å². The normalized spacial score (nSPS) is 11.5. The number of urea groups is 1. The number of halogens is 1. The quantitative estimate of drug-likeness (QED) is 0.715. The van der Waals surface area contributed by atoms with Crippen LogP contribution in [0.2, 0.25) is 0 Å². The number of carbonyl (C=O) groups is 2. The van der Waals surface area contributed by atoms with Gasteiger partial charge < -0.3 is 15.7 Å². The van der Waals surface area contributed by atoms with Crippen LogP contribution < -0.4 is 10.6 Å². The van der Waals surface area contributed by atoms with Gasteiger partial charge in [0.2, 0.25) is 0 Å². The number of carboxylic acids is 1. The number of hydrogen-bond acceptors (Lipinski definition) is 2. The molecule has 0 saturated heterocycles. The summed E-state index contributed by atoms with van der Waals surface area (Å²) in [4.78, 5) is 22.4. The largest absolute Gasteiger partial charge is 0.480 e. The first-order valence-electron chi connectivity index (χ1n) is 5.61. The molecule has 0 saturated carbocycles. The van der Waals surface area contributed by atoms with Crippen molar-refractivity contribution in [2.75, 3.05) is 5.32 Å². The van der Waals surface area contributed by atoms with Crippen LogP contribution in [-0.4, -0.2) is 23.1 Å². The number of carbonyl (C=O) groups excluding carboxylic acids is 1. The van der Waals surface area contributed by atoms with E-state index in [0.29, 0.717) is 11.3 Å². The van der Waals surface area contributed by atoms with E-state index in [4.69, 9.17) is 5.11 Å². The van der Waals surface area contributed by atoms with Crippen molar-refractivity contribution < 1.29 is 19.1 Å². The summed E-state index contributed by atoms with van der Waals surface area (Å²) in [5.74, 6) is -1.52. The molecule has 3 N–H and O–H groups in total. The minimum atomic E-state index is -1.15. The Morgan fingerprint density at radius 3 is 2.74 bits per heavy atom. The summed E-state index contributed by atoms with van der Waals surface area (Å²) in [7, 11) is 0. The SMILES string of the molecule is C=CCC(NC(=O)Nc1ccc(F)c(C)c1)C(=O)O. The second-order valence-corrected chi connectivity index (χ2v) is 3.98. The van der Waals surface area contributed by atoms with Gasteiger partial charge in [-0.15, -0.1) is 6.58 Å². The molecule has 0 aliphatic heterocycles. The van der Waals surface area contributed by atoms with Crippen LogP contribution >= 0.6 is 0 Å². The highest BCUT2D eigenvalue weighted by Crippen LogP contribution is 2.13. The van der Waals surface area contributed by atoms with Gasteiger partial charge in [-0.2, -0.15) is 0 Å². The zero-order valence-corrected chi connectivity index (χ0v) is 10.4. The van der Waals surface area contributed by atoms with Gasteiger partial charge in [-0.3, -0.25) is 0 Å². The molecule has 0 aromatic heterocycles. The number of anilines is 1. The Labute approximate surface area is 110 Å². The topological polar surface area (TPSA) is 78.4 Å². The molecule has 1 aromatic carbocycles. The van der Waals surface area contributed by atoms with Crippen LogP contribution in [0.5, 0.6) is 0 Å². The van der Waals surface area contributed by atoms with Crippen LogP contribution in [0.1, 0.15) is 12.0 Å². The Morgan fingerprint density at radius 2 is 2.21 bits per heavy atom. The van der Waals surface area contributed by atoms with Gasteiger partial charge in [0.15, 0.2) is 0 Å². The summed E-state index contributed by atoms with van der Waals surface area (Å²) in [6.07, 6.45) is 1.52. The third-order valence-corrected chi connectivity index (χ3v) is 2.42. The molecule has 1 unspecified atom stereocenters. The first-order chi connectivity index (χ1) is 8.93. The molecule has 19 heavy (non-hydrogen) atoms. The highest BCUT2D eigenvalue weighted by molar-refractivity contribution is 5.92. The highest BCUT2D eigenvalue weighted by atomic mass is 19.1. The second-order valence-electron chi connectivity index (χ2n) is 3.98. The van der Waals surface area contributed by atoms with Gasteiger partial charge in [-0.05, 0) is 37.1 Å². The number of rotatable bonds is 5. The molecule has 0 spiro atoms. The Balaban J connectivity index is 2.65. The molecule has 1 rings (SSSR count). The van der Waals surface area contributed by atoms with E-state index in [2.05, 4.69) is 17.2 Å². The van der Waals surface area contributed by atoms with Crippen LogP contribution in [0.15, 0.2) is 30.9 Å². The minimum absolute atomic E-state index is 0.116. The van der Waals surface area contributed by atoms with Crippen molar-refractivity contribution in [2.45, 2.75) is 19.4 Å². The van der Waals surface area contributed by atoms with Crippen molar-refractivity contribution in [3.8, 4) is 0 Å². The summed E-state index contributed by atoms with van der Waals surface area (Å²) in [5, 5.41) is 13.6. The lowest BCUT2D eigenvalue weighted by molar-refractivity contribution is -0.139. The fourth-order valence-electron chi connectivity index (χ4n) is 1.44. The number of benzene rings is 1. The van der Waals surface area contributed by atoms with Crippen molar-refractivity contribution in [1.29, 1.82) is 0 Å². The van der Waals surface area contributed by atoms with Gasteiger partial charge in [0, 0.05) is 5.69 Å². The van der Waals surface area contributed by atoms with Gasteiger partial charge >= 0.3 is 12.0 Å². The molecular weight excluding hydrogens is 251 g/mol. The zero-order valence-electron chi connectivity index (χ0n) is 10.4. The molecule has 0 fully saturated rings. The van der Waals surface area contributed by atoms with Crippen molar-refractivity contribution >= 4 is 17.7 Å². The monoisotopic (exact) mass is 266 g/mol. The molecule has 0 aliphatic carbocycles. The fourth-order valence-corrected chi connectivity index (χ4v) is 1.44. The summed E-state index contributed by atoms with van der Waals surface area (Å²) in [6.45, 7) is 4.98. The summed E-state index contributed by atoms with van der Waals surface area (Å²) in [6, 6.07) is 2.37. The van der Waals surface area contributed by atoms with Crippen LogP contribution in [0.25, 0.3) is 0 Å². The number of nitrogens with one attached hydrogen (secondary N) is 2. The van der Waals surface area contributed by atoms with Gasteiger partial charge in [-0.25, -0.2) is 14.0 Å². The highest BCUT2D eigenvalue weighted by Gasteiger charge is 2.18. The predicted molar refractivity (Wildman–Crippen MR) is 69.5 cm³/mol. The van der Waals surface area contributed by atoms with E-state index in [1.165, 1.54) is 24.3 Å². The molecule has 0 bridgehead atoms. The lowest BCUT2D eigenvalue weighted by atomic mass is 10.2. The maximum Gasteiger partial charge on any atom is 0.326 e. The average molecular weight is 266 g/mol. The van der Waals surface area contributed by atoms with Gasteiger partial charge in [0.05, 0.1) is 0 Å². The molecule has 2 amide bonds. The molecule has 102 valence electrons. The molecule has 0 aliphatic rings. The molecule has 1 atom stereocenters. The van der Waals surface area contributed by atoms with Crippen LogP contribution in [0.4, 0.5) is 14.9 Å². The summed E-state index contributed by atoms with van der Waals surface area (Å²) >= 11 is 0. The van der Waals surface area contributed by atoms with Crippen molar-refractivity contribution in [3.63, 3.8) is 0 Å². The molecule has 1 aromatic rings. The van der Waals surface area contributed by atoms with Gasteiger partial charge in [-0.1, -0.05) is 6.08 Å². The zero-order chi connectivity index (χ0) is 14.4. The third-order valence-electron chi connectivity index (χ3n) is 2.42. The van der Waals surface area contributed by atoms with E-state index >= 15 is 0 Å². The number of hydrogen-bond donors (Lipinski definition) is 3. The fraction of sp³-hybridized carbons (Fsp3) is 0.231. The van der Waals surface area contributed by atoms with Gasteiger partial charge in [0.1, 0.15) is 11.9 Å². The molecule has 5 nitrogen and oxygen atoms in total. The third kappa shape index (κ3) is 4.42. The van der Waals surface area contributed by atoms with Crippen LogP contribution in [-0.2, 0) is 4.79 Å². The van der Waals surface area contributed by atoms with Crippen LogP contribution in [0, 0.1) is 12.7 Å². The Morgan fingerprint density at radius 1 is 1.53 bits per heavy atom. The lowest BCUT2D eigenvalue weighted by Gasteiger charge is -2.13. The molecular formula is C13H15FN2O3. The van der Waals surface area contributed by atoms with Crippen molar-refractivity contribution in [1.82, 2.24) is 5.32 Å².